The number of amides is 1. The normalized spacial score (nSPS) is 14.3. The summed E-state index contributed by atoms with van der Waals surface area (Å²) >= 11 is 0. The SMILES string of the molecule is CCCCCOc1c(OC)ccc2cc(C(=O)NC3(C(=O)OCc4ccccc4)CCCC3)c(=O)[nH]c12. The van der Waals surface area contributed by atoms with E-state index < -0.39 is 23.0 Å². The first-order valence-corrected chi connectivity index (χ1v) is 12.9. The number of pyridine rings is 1. The average molecular weight is 507 g/mol. The van der Waals surface area contributed by atoms with Crippen molar-refractivity contribution in [2.24, 2.45) is 0 Å². The second kappa shape index (κ2) is 12.0. The summed E-state index contributed by atoms with van der Waals surface area (Å²) in [6.45, 7) is 2.72. The molecule has 1 amide bonds. The van der Waals surface area contributed by atoms with Crippen molar-refractivity contribution in [3.05, 3.63) is 70.0 Å². The maximum atomic E-state index is 13.3. The van der Waals surface area contributed by atoms with Gasteiger partial charge in [-0.2, -0.15) is 0 Å². The molecular weight excluding hydrogens is 472 g/mol. The number of aromatic nitrogens is 1. The molecule has 4 rings (SSSR count). The number of carbonyl (C=O) groups is 2. The summed E-state index contributed by atoms with van der Waals surface area (Å²) < 4.78 is 17.0. The number of aromatic amines is 1. The third-order valence-electron chi connectivity index (χ3n) is 6.81. The van der Waals surface area contributed by atoms with Crippen molar-refractivity contribution >= 4 is 22.8 Å². The molecule has 2 N–H and O–H groups in total. The van der Waals surface area contributed by atoms with Crippen molar-refractivity contribution in [1.82, 2.24) is 10.3 Å². The molecule has 1 aromatic heterocycles. The summed E-state index contributed by atoms with van der Waals surface area (Å²) in [6.07, 6.45) is 5.47. The second-order valence-electron chi connectivity index (χ2n) is 9.43. The molecule has 3 aromatic rings. The minimum atomic E-state index is -1.15. The molecule has 8 heteroatoms. The highest BCUT2D eigenvalue weighted by Crippen LogP contribution is 2.35. The van der Waals surface area contributed by atoms with Crippen LogP contribution in [0.3, 0.4) is 0 Å². The van der Waals surface area contributed by atoms with Crippen molar-refractivity contribution in [2.45, 2.75) is 64.0 Å². The molecule has 2 aromatic carbocycles. The van der Waals surface area contributed by atoms with Crippen molar-refractivity contribution in [3.8, 4) is 11.5 Å². The van der Waals surface area contributed by atoms with E-state index in [0.717, 1.165) is 37.7 Å². The molecule has 1 saturated carbocycles. The van der Waals surface area contributed by atoms with Crippen LogP contribution in [0.1, 0.15) is 67.8 Å². The van der Waals surface area contributed by atoms with Crippen molar-refractivity contribution in [3.63, 3.8) is 0 Å². The zero-order valence-electron chi connectivity index (χ0n) is 21.4. The van der Waals surface area contributed by atoms with Crippen LogP contribution in [0.25, 0.3) is 10.9 Å². The molecule has 0 saturated heterocycles. The monoisotopic (exact) mass is 506 g/mol. The molecule has 0 aliphatic heterocycles. The summed E-state index contributed by atoms with van der Waals surface area (Å²) in [5.74, 6) is -0.144. The standard InChI is InChI=1S/C29H34N2O6/c1-3-4-10-17-36-25-23(35-2)14-13-21-18-22(26(32)30-24(21)25)27(33)31-29(15-8-9-16-29)28(34)37-19-20-11-6-5-7-12-20/h5-7,11-14,18H,3-4,8-10,15-17,19H2,1-2H3,(H,30,32)(H,31,33). The van der Waals surface area contributed by atoms with Crippen LogP contribution in [0.5, 0.6) is 11.5 Å². The van der Waals surface area contributed by atoms with Crippen LogP contribution in [0.2, 0.25) is 0 Å². The van der Waals surface area contributed by atoms with Gasteiger partial charge in [0.15, 0.2) is 11.5 Å². The van der Waals surface area contributed by atoms with Gasteiger partial charge in [0.2, 0.25) is 0 Å². The van der Waals surface area contributed by atoms with Gasteiger partial charge in [-0.3, -0.25) is 9.59 Å². The van der Waals surface area contributed by atoms with Crippen LogP contribution in [-0.2, 0) is 16.1 Å². The van der Waals surface area contributed by atoms with E-state index in [2.05, 4.69) is 17.2 Å². The van der Waals surface area contributed by atoms with Gasteiger partial charge in [-0.1, -0.05) is 62.9 Å². The number of esters is 1. The van der Waals surface area contributed by atoms with E-state index in [9.17, 15) is 14.4 Å². The average Bonchev–Trinajstić information content (AvgIpc) is 3.39. The Balaban J connectivity index is 1.56. The van der Waals surface area contributed by atoms with E-state index in [1.807, 2.05) is 30.3 Å². The molecule has 1 heterocycles. The number of unbranched alkanes of at least 4 members (excludes halogenated alkanes) is 2. The summed E-state index contributed by atoms with van der Waals surface area (Å²) in [4.78, 5) is 42.3. The molecule has 0 bridgehead atoms. The molecule has 0 atom stereocenters. The molecule has 0 spiro atoms. The van der Waals surface area contributed by atoms with Crippen LogP contribution in [0, 0.1) is 0 Å². The third-order valence-corrected chi connectivity index (χ3v) is 6.81. The number of ether oxygens (including phenoxy) is 3. The number of carbonyl (C=O) groups excluding carboxylic acids is 2. The van der Waals surface area contributed by atoms with Crippen molar-refractivity contribution < 1.29 is 23.8 Å². The number of methoxy groups -OCH3 is 1. The number of H-pyrrole nitrogens is 1. The molecule has 8 nitrogen and oxygen atoms in total. The van der Waals surface area contributed by atoms with Crippen LogP contribution in [-0.4, -0.2) is 36.1 Å². The lowest BCUT2D eigenvalue weighted by Crippen LogP contribution is -2.54. The Hall–Kier alpha value is -3.81. The molecule has 1 aliphatic rings. The molecule has 37 heavy (non-hydrogen) atoms. The Morgan fingerprint density at radius 1 is 1.05 bits per heavy atom. The third kappa shape index (κ3) is 5.96. The number of rotatable bonds is 11. The predicted molar refractivity (Wildman–Crippen MR) is 141 cm³/mol. The molecule has 1 fully saturated rings. The Morgan fingerprint density at radius 2 is 1.81 bits per heavy atom. The fraction of sp³-hybridized carbons (Fsp3) is 0.414. The maximum absolute atomic E-state index is 13.3. The lowest BCUT2D eigenvalue weighted by Gasteiger charge is -2.28. The van der Waals surface area contributed by atoms with Gasteiger partial charge in [-0.25, -0.2) is 4.79 Å². The summed E-state index contributed by atoms with van der Waals surface area (Å²) in [5.41, 5.74) is -0.459. The Morgan fingerprint density at radius 3 is 2.51 bits per heavy atom. The number of benzene rings is 2. The van der Waals surface area contributed by atoms with Gasteiger partial charge < -0.3 is 24.5 Å². The fourth-order valence-electron chi connectivity index (χ4n) is 4.73. The first-order chi connectivity index (χ1) is 18.0. The quantitative estimate of drug-likeness (QED) is 0.283. The summed E-state index contributed by atoms with van der Waals surface area (Å²) in [6, 6.07) is 14.4. The summed E-state index contributed by atoms with van der Waals surface area (Å²) in [5, 5.41) is 3.47. The van der Waals surface area contributed by atoms with E-state index in [0.29, 0.717) is 41.9 Å². The smallest absolute Gasteiger partial charge is 0.332 e. The highest BCUT2D eigenvalue weighted by molar-refractivity contribution is 6.01. The minimum Gasteiger partial charge on any atom is -0.493 e. The van der Waals surface area contributed by atoms with Gasteiger partial charge in [0.1, 0.15) is 17.7 Å². The van der Waals surface area contributed by atoms with Crippen molar-refractivity contribution in [2.75, 3.05) is 13.7 Å². The van der Waals surface area contributed by atoms with E-state index in [-0.39, 0.29) is 12.2 Å². The Labute approximate surface area is 216 Å². The van der Waals surface area contributed by atoms with Crippen LogP contribution in [0.4, 0.5) is 0 Å². The molecule has 0 radical (unpaired) electrons. The van der Waals surface area contributed by atoms with Crippen LogP contribution in [0.15, 0.2) is 53.3 Å². The number of fused-ring (bicyclic) bond motifs is 1. The zero-order valence-corrected chi connectivity index (χ0v) is 21.4. The second-order valence-corrected chi connectivity index (χ2v) is 9.43. The van der Waals surface area contributed by atoms with E-state index in [1.54, 1.807) is 12.1 Å². The summed E-state index contributed by atoms with van der Waals surface area (Å²) in [7, 11) is 1.54. The topological polar surface area (TPSA) is 107 Å². The molecule has 0 unspecified atom stereocenters. The number of hydrogen-bond acceptors (Lipinski definition) is 6. The number of nitrogens with one attached hydrogen (secondary N) is 2. The first kappa shape index (κ1) is 26.3. The maximum Gasteiger partial charge on any atom is 0.332 e. The number of hydrogen-bond donors (Lipinski definition) is 2. The van der Waals surface area contributed by atoms with E-state index in [1.165, 1.54) is 13.2 Å². The lowest BCUT2D eigenvalue weighted by molar-refractivity contribution is -0.152. The predicted octanol–water partition coefficient (Wildman–Crippen LogP) is 4.89. The molecule has 1 aliphatic carbocycles. The van der Waals surface area contributed by atoms with Gasteiger partial charge in [0.25, 0.3) is 11.5 Å². The zero-order chi connectivity index (χ0) is 26.3. The Kier molecular flexibility index (Phi) is 8.48. The Bertz CT molecular complexity index is 1290. The van der Waals surface area contributed by atoms with Crippen LogP contribution < -0.4 is 20.3 Å². The van der Waals surface area contributed by atoms with Gasteiger partial charge in [0.05, 0.1) is 19.2 Å². The lowest BCUT2D eigenvalue weighted by atomic mass is 9.97. The molecule has 196 valence electrons. The largest absolute Gasteiger partial charge is 0.493 e. The minimum absolute atomic E-state index is 0.0725. The highest BCUT2D eigenvalue weighted by atomic mass is 16.5. The van der Waals surface area contributed by atoms with Crippen LogP contribution >= 0.6 is 0 Å². The van der Waals surface area contributed by atoms with E-state index >= 15 is 0 Å². The highest BCUT2D eigenvalue weighted by Gasteiger charge is 2.44. The fourth-order valence-corrected chi connectivity index (χ4v) is 4.73. The van der Waals surface area contributed by atoms with Gasteiger partial charge in [0, 0.05) is 5.39 Å². The first-order valence-electron chi connectivity index (χ1n) is 12.9. The molecular formula is C29H34N2O6. The van der Waals surface area contributed by atoms with Gasteiger partial charge in [-0.15, -0.1) is 0 Å². The van der Waals surface area contributed by atoms with E-state index in [4.69, 9.17) is 14.2 Å². The van der Waals surface area contributed by atoms with Crippen molar-refractivity contribution in [1.29, 1.82) is 0 Å². The van der Waals surface area contributed by atoms with Gasteiger partial charge >= 0.3 is 5.97 Å². The van der Waals surface area contributed by atoms with Gasteiger partial charge in [-0.05, 0) is 43.0 Å².